The van der Waals surface area contributed by atoms with Crippen LogP contribution in [0.15, 0.2) is 24.4 Å². The highest BCUT2D eigenvalue weighted by atomic mass is 16.5. The summed E-state index contributed by atoms with van der Waals surface area (Å²) < 4.78 is 5.85. The molecule has 3 aliphatic rings. The van der Waals surface area contributed by atoms with Gasteiger partial charge in [-0.3, -0.25) is 4.79 Å². The summed E-state index contributed by atoms with van der Waals surface area (Å²) in [5.74, 6) is 2.05. The third-order valence-electron chi connectivity index (χ3n) is 7.63. The van der Waals surface area contributed by atoms with Crippen molar-refractivity contribution >= 4 is 29.2 Å². The molecule has 200 valence electrons. The lowest BCUT2D eigenvalue weighted by molar-refractivity contribution is -0.00545. The molecule has 4 heterocycles. The number of hydrogen-bond donors (Lipinski definition) is 3. The fourth-order valence-electron chi connectivity index (χ4n) is 5.29. The highest BCUT2D eigenvalue weighted by Gasteiger charge is 2.45. The lowest BCUT2D eigenvalue weighted by Gasteiger charge is -2.36. The first-order valence-corrected chi connectivity index (χ1v) is 13.4. The van der Waals surface area contributed by atoms with Crippen molar-refractivity contribution in [2.75, 3.05) is 53.2 Å². The van der Waals surface area contributed by atoms with Gasteiger partial charge in [0.1, 0.15) is 17.5 Å². The van der Waals surface area contributed by atoms with Gasteiger partial charge in [-0.05, 0) is 70.9 Å². The molecular weight excluding hydrogens is 470 g/mol. The maximum Gasteiger partial charge on any atom is 0.279 e. The lowest BCUT2D eigenvalue weighted by Crippen LogP contribution is -2.45. The van der Waals surface area contributed by atoms with Crippen molar-refractivity contribution in [2.24, 2.45) is 5.41 Å². The van der Waals surface area contributed by atoms with Crippen LogP contribution in [0.5, 0.6) is 0 Å². The number of pyridine rings is 1. The number of aliphatic hydroxyl groups is 1. The van der Waals surface area contributed by atoms with Gasteiger partial charge in [-0.1, -0.05) is 6.07 Å². The molecule has 1 saturated carbocycles. The lowest BCUT2D eigenvalue weighted by atomic mass is 9.93. The minimum Gasteiger partial charge on any atom is -0.394 e. The predicted octanol–water partition coefficient (Wildman–Crippen LogP) is 3.30. The second-order valence-electron chi connectivity index (χ2n) is 11.6. The number of carbonyl (C=O) groups is 1. The number of aromatic nitrogens is 3. The number of morpholine rings is 1. The van der Waals surface area contributed by atoms with E-state index in [-0.39, 0.29) is 30.4 Å². The van der Waals surface area contributed by atoms with Crippen LogP contribution in [0, 0.1) is 5.41 Å². The summed E-state index contributed by atoms with van der Waals surface area (Å²) >= 11 is 0. The molecule has 1 aliphatic carbocycles. The number of nitrogens with one attached hydrogen (secondary N) is 2. The van der Waals surface area contributed by atoms with Crippen LogP contribution in [0.25, 0.3) is 0 Å². The van der Waals surface area contributed by atoms with Gasteiger partial charge in [-0.15, -0.1) is 0 Å². The highest BCUT2D eigenvalue weighted by molar-refractivity contribution is 6.05. The van der Waals surface area contributed by atoms with E-state index in [0.717, 1.165) is 44.8 Å². The number of ether oxygens (including phenoxy) is 1. The van der Waals surface area contributed by atoms with Crippen LogP contribution in [0.1, 0.15) is 63.9 Å². The topological polar surface area (TPSA) is 116 Å². The van der Waals surface area contributed by atoms with E-state index in [0.29, 0.717) is 22.9 Å². The molecule has 1 spiro atoms. The fraction of sp³-hybridized carbons (Fsp3) is 0.630. The second kappa shape index (κ2) is 10.1. The third kappa shape index (κ3) is 5.96. The summed E-state index contributed by atoms with van der Waals surface area (Å²) in [7, 11) is 0. The number of piperidine rings is 1. The number of amides is 1. The highest BCUT2D eigenvalue weighted by Crippen LogP contribution is 2.54. The molecule has 2 aromatic rings. The quantitative estimate of drug-likeness (QED) is 0.517. The van der Waals surface area contributed by atoms with E-state index >= 15 is 0 Å². The Balaban J connectivity index is 1.37. The van der Waals surface area contributed by atoms with Crippen molar-refractivity contribution in [3.8, 4) is 0 Å². The summed E-state index contributed by atoms with van der Waals surface area (Å²) in [4.78, 5) is 31.9. The first kappa shape index (κ1) is 25.7. The first-order chi connectivity index (χ1) is 17.7. The summed E-state index contributed by atoms with van der Waals surface area (Å²) in [6.07, 6.45) is 6.60. The molecule has 10 heteroatoms. The zero-order valence-electron chi connectivity index (χ0n) is 22.3. The molecule has 0 aromatic carbocycles. The number of aliphatic hydroxyl groups excluding tert-OH is 1. The molecule has 2 saturated heterocycles. The number of hydrogen-bond acceptors (Lipinski definition) is 9. The number of anilines is 4. The standard InChI is InChI=1S/C27H39N7O3/c1-18-15-34(16-19(2)37-18)22-7-5-6-20(29-22)31-25(36)23-24(33-12-10-27(8-9-27)11-13-33)30-21(14-28-23)32-26(3,4)17-35/h5-7,14,18-19,35H,8-13,15-17H2,1-4H3,(H,30,32)(H,29,31,36)/t18-,19-/m0/s1. The molecule has 0 unspecified atom stereocenters. The molecular formula is C27H39N7O3. The van der Waals surface area contributed by atoms with Gasteiger partial charge in [0.05, 0.1) is 30.6 Å². The van der Waals surface area contributed by atoms with Crippen molar-refractivity contribution < 1.29 is 14.6 Å². The Morgan fingerprint density at radius 2 is 1.78 bits per heavy atom. The number of nitrogens with zero attached hydrogens (tertiary/aromatic N) is 5. The first-order valence-electron chi connectivity index (χ1n) is 13.4. The molecule has 3 N–H and O–H groups in total. The number of carbonyl (C=O) groups excluding carboxylic acids is 1. The van der Waals surface area contributed by atoms with Crippen LogP contribution in [0.2, 0.25) is 0 Å². The summed E-state index contributed by atoms with van der Waals surface area (Å²) in [5, 5.41) is 15.9. The normalized spacial score (nSPS) is 23.2. The van der Waals surface area contributed by atoms with Gasteiger partial charge in [0, 0.05) is 26.2 Å². The van der Waals surface area contributed by atoms with Gasteiger partial charge in [0.25, 0.3) is 5.91 Å². The average Bonchev–Trinajstić information content (AvgIpc) is 3.62. The summed E-state index contributed by atoms with van der Waals surface area (Å²) in [6, 6.07) is 5.65. The van der Waals surface area contributed by atoms with Crippen LogP contribution < -0.4 is 20.4 Å². The maximum absolute atomic E-state index is 13.5. The van der Waals surface area contributed by atoms with E-state index in [1.165, 1.54) is 12.8 Å². The smallest absolute Gasteiger partial charge is 0.279 e. The predicted molar refractivity (Wildman–Crippen MR) is 144 cm³/mol. The molecule has 10 nitrogen and oxygen atoms in total. The van der Waals surface area contributed by atoms with E-state index < -0.39 is 5.54 Å². The van der Waals surface area contributed by atoms with Crippen LogP contribution in [0.4, 0.5) is 23.3 Å². The van der Waals surface area contributed by atoms with Crippen molar-refractivity contribution in [2.45, 2.75) is 71.1 Å². The Hall–Kier alpha value is -2.98. The Bertz CT molecular complexity index is 1120. The van der Waals surface area contributed by atoms with Crippen molar-refractivity contribution in [1.29, 1.82) is 0 Å². The van der Waals surface area contributed by atoms with Gasteiger partial charge in [-0.2, -0.15) is 0 Å². The molecule has 37 heavy (non-hydrogen) atoms. The Kier molecular flexibility index (Phi) is 6.97. The van der Waals surface area contributed by atoms with Crippen molar-refractivity contribution in [1.82, 2.24) is 15.0 Å². The average molecular weight is 510 g/mol. The fourth-order valence-corrected chi connectivity index (χ4v) is 5.29. The van der Waals surface area contributed by atoms with Crippen LogP contribution >= 0.6 is 0 Å². The van der Waals surface area contributed by atoms with Crippen molar-refractivity contribution in [3.05, 3.63) is 30.1 Å². The largest absolute Gasteiger partial charge is 0.394 e. The minimum atomic E-state index is -0.561. The van der Waals surface area contributed by atoms with E-state index in [1.807, 2.05) is 26.0 Å². The Morgan fingerprint density at radius 3 is 2.43 bits per heavy atom. The van der Waals surface area contributed by atoms with E-state index in [4.69, 9.17) is 14.7 Å². The Labute approximate surface area is 218 Å². The van der Waals surface area contributed by atoms with Gasteiger partial charge >= 0.3 is 0 Å². The zero-order valence-corrected chi connectivity index (χ0v) is 22.3. The summed E-state index contributed by atoms with van der Waals surface area (Å²) in [5.41, 5.74) is 0.217. The molecule has 2 aromatic heterocycles. The molecule has 2 atom stereocenters. The van der Waals surface area contributed by atoms with Gasteiger partial charge in [0.2, 0.25) is 0 Å². The van der Waals surface area contributed by atoms with Crippen LogP contribution in [-0.2, 0) is 4.74 Å². The van der Waals surface area contributed by atoms with E-state index in [1.54, 1.807) is 12.3 Å². The molecule has 0 bridgehead atoms. The molecule has 2 aliphatic heterocycles. The number of rotatable bonds is 7. The van der Waals surface area contributed by atoms with Gasteiger partial charge in [0.15, 0.2) is 11.5 Å². The van der Waals surface area contributed by atoms with Gasteiger partial charge < -0.3 is 30.3 Å². The molecule has 1 amide bonds. The van der Waals surface area contributed by atoms with Crippen LogP contribution in [0.3, 0.4) is 0 Å². The SMILES string of the molecule is C[C@H]1CN(c2cccc(NC(=O)c3ncc(NC(C)(C)CO)nc3N3CCC4(CC3)CC4)n2)C[C@H](C)O1. The summed E-state index contributed by atoms with van der Waals surface area (Å²) in [6.45, 7) is 11.0. The third-order valence-corrected chi connectivity index (χ3v) is 7.63. The van der Waals surface area contributed by atoms with Crippen molar-refractivity contribution in [3.63, 3.8) is 0 Å². The zero-order chi connectivity index (χ0) is 26.2. The Morgan fingerprint density at radius 1 is 1.08 bits per heavy atom. The molecule has 5 rings (SSSR count). The van der Waals surface area contributed by atoms with E-state index in [9.17, 15) is 9.90 Å². The molecule has 0 radical (unpaired) electrons. The van der Waals surface area contributed by atoms with E-state index in [2.05, 4.69) is 39.3 Å². The monoisotopic (exact) mass is 509 g/mol. The molecule has 3 fully saturated rings. The van der Waals surface area contributed by atoms with Gasteiger partial charge in [-0.25, -0.2) is 15.0 Å². The maximum atomic E-state index is 13.5. The second-order valence-corrected chi connectivity index (χ2v) is 11.6. The minimum absolute atomic E-state index is 0.0544. The van der Waals surface area contributed by atoms with Crippen LogP contribution in [-0.4, -0.2) is 76.5 Å².